The first kappa shape index (κ1) is 10.1. The van der Waals surface area contributed by atoms with Gasteiger partial charge in [0.1, 0.15) is 0 Å². The summed E-state index contributed by atoms with van der Waals surface area (Å²) in [6.07, 6.45) is 5.73. The van der Waals surface area contributed by atoms with Gasteiger partial charge in [-0.15, -0.1) is 0 Å². The molecule has 0 spiro atoms. The Bertz CT molecular complexity index is 239. The van der Waals surface area contributed by atoms with Crippen LogP contribution in [0.1, 0.15) is 39.5 Å². The minimum atomic E-state index is 0.833. The van der Waals surface area contributed by atoms with Crippen molar-refractivity contribution in [1.82, 2.24) is 10.2 Å². The number of likely N-dealkylation sites (tertiary alicyclic amines) is 1. The average Bonchev–Trinajstić information content (AvgIpc) is 2.83. The summed E-state index contributed by atoms with van der Waals surface area (Å²) in [6.45, 7) is 7.51. The van der Waals surface area contributed by atoms with E-state index in [0.717, 1.165) is 30.0 Å². The van der Waals surface area contributed by atoms with Crippen LogP contribution in [0.2, 0.25) is 0 Å². The van der Waals surface area contributed by atoms with E-state index in [1.165, 1.54) is 38.8 Å². The van der Waals surface area contributed by atoms with E-state index in [9.17, 15) is 0 Å². The lowest BCUT2D eigenvalue weighted by atomic mass is 9.89. The first-order valence-corrected chi connectivity index (χ1v) is 6.72. The van der Waals surface area contributed by atoms with Crippen molar-refractivity contribution in [2.45, 2.75) is 57.7 Å². The molecule has 86 valence electrons. The van der Waals surface area contributed by atoms with E-state index in [0.29, 0.717) is 0 Å². The molecule has 0 aromatic carbocycles. The van der Waals surface area contributed by atoms with Crippen molar-refractivity contribution in [1.29, 1.82) is 0 Å². The highest BCUT2D eigenvalue weighted by Gasteiger charge is 2.40. The molecule has 1 N–H and O–H groups in total. The van der Waals surface area contributed by atoms with Crippen molar-refractivity contribution < 1.29 is 0 Å². The number of hydrogen-bond donors (Lipinski definition) is 1. The van der Waals surface area contributed by atoms with Crippen molar-refractivity contribution in [3.63, 3.8) is 0 Å². The molecule has 3 aliphatic heterocycles. The largest absolute Gasteiger partial charge is 0.311 e. The highest BCUT2D eigenvalue weighted by atomic mass is 15.2. The van der Waals surface area contributed by atoms with Gasteiger partial charge in [0, 0.05) is 31.2 Å². The fourth-order valence-electron chi connectivity index (χ4n) is 4.08. The van der Waals surface area contributed by atoms with Crippen LogP contribution in [0.5, 0.6) is 0 Å². The quantitative estimate of drug-likeness (QED) is 0.745. The first-order valence-electron chi connectivity index (χ1n) is 6.72. The van der Waals surface area contributed by atoms with Gasteiger partial charge in [-0.25, -0.2) is 0 Å². The molecular weight excluding hydrogens is 184 g/mol. The van der Waals surface area contributed by atoms with Crippen LogP contribution >= 0.6 is 0 Å². The molecule has 0 aromatic rings. The Hall–Kier alpha value is -0.0800. The molecule has 0 saturated carbocycles. The number of nitrogens with zero attached hydrogens (tertiary/aromatic N) is 1. The summed E-state index contributed by atoms with van der Waals surface area (Å²) >= 11 is 0. The third-order valence-corrected chi connectivity index (χ3v) is 4.81. The fraction of sp³-hybridized carbons (Fsp3) is 1.00. The molecule has 2 heteroatoms. The maximum atomic E-state index is 3.75. The lowest BCUT2D eigenvalue weighted by Gasteiger charge is -2.28. The highest BCUT2D eigenvalue weighted by Crippen LogP contribution is 2.35. The predicted octanol–water partition coefficient (Wildman–Crippen LogP) is 1.86. The monoisotopic (exact) mass is 208 g/mol. The SMILES string of the molecule is CC1CC(C)N(CC2CC3CCC2N3)C1. The second-order valence-corrected chi connectivity index (χ2v) is 6.19. The van der Waals surface area contributed by atoms with Gasteiger partial charge in [-0.1, -0.05) is 6.92 Å². The van der Waals surface area contributed by atoms with E-state index in [2.05, 4.69) is 24.1 Å². The molecular formula is C13H24N2. The van der Waals surface area contributed by atoms with Gasteiger partial charge in [-0.3, -0.25) is 0 Å². The smallest absolute Gasteiger partial charge is 0.0111 e. The summed E-state index contributed by atoms with van der Waals surface area (Å²) in [7, 11) is 0. The van der Waals surface area contributed by atoms with Crippen LogP contribution in [0.25, 0.3) is 0 Å². The van der Waals surface area contributed by atoms with E-state index in [1.54, 1.807) is 0 Å². The van der Waals surface area contributed by atoms with Crippen LogP contribution < -0.4 is 5.32 Å². The molecule has 5 atom stereocenters. The first-order chi connectivity index (χ1) is 7.22. The van der Waals surface area contributed by atoms with Gasteiger partial charge in [-0.2, -0.15) is 0 Å². The maximum Gasteiger partial charge on any atom is 0.0111 e. The second kappa shape index (κ2) is 3.74. The van der Waals surface area contributed by atoms with Gasteiger partial charge in [0.2, 0.25) is 0 Å². The third kappa shape index (κ3) is 1.83. The summed E-state index contributed by atoms with van der Waals surface area (Å²) < 4.78 is 0. The average molecular weight is 208 g/mol. The van der Waals surface area contributed by atoms with Crippen molar-refractivity contribution >= 4 is 0 Å². The van der Waals surface area contributed by atoms with Crippen molar-refractivity contribution in [3.05, 3.63) is 0 Å². The van der Waals surface area contributed by atoms with Gasteiger partial charge >= 0.3 is 0 Å². The molecule has 3 saturated heterocycles. The van der Waals surface area contributed by atoms with Crippen LogP contribution in [0, 0.1) is 11.8 Å². The van der Waals surface area contributed by atoms with E-state index in [4.69, 9.17) is 0 Å². The van der Waals surface area contributed by atoms with E-state index < -0.39 is 0 Å². The Morgan fingerprint density at radius 2 is 2.07 bits per heavy atom. The number of hydrogen-bond acceptors (Lipinski definition) is 2. The molecule has 0 radical (unpaired) electrons. The molecule has 3 aliphatic rings. The molecule has 2 nitrogen and oxygen atoms in total. The molecule has 3 heterocycles. The number of fused-ring (bicyclic) bond motifs is 2. The number of rotatable bonds is 2. The number of nitrogens with one attached hydrogen (secondary N) is 1. The lowest BCUT2D eigenvalue weighted by Crippen LogP contribution is -2.37. The predicted molar refractivity (Wildman–Crippen MR) is 62.9 cm³/mol. The van der Waals surface area contributed by atoms with E-state index >= 15 is 0 Å². The second-order valence-electron chi connectivity index (χ2n) is 6.19. The minimum Gasteiger partial charge on any atom is -0.311 e. The molecule has 3 fully saturated rings. The molecule has 2 bridgehead atoms. The topological polar surface area (TPSA) is 15.3 Å². The molecule has 0 aliphatic carbocycles. The minimum absolute atomic E-state index is 0.833. The molecule has 0 amide bonds. The van der Waals surface area contributed by atoms with Crippen LogP contribution in [0.4, 0.5) is 0 Å². The van der Waals surface area contributed by atoms with Gasteiger partial charge in [0.15, 0.2) is 0 Å². The van der Waals surface area contributed by atoms with E-state index in [1.807, 2.05) is 0 Å². The van der Waals surface area contributed by atoms with Crippen molar-refractivity contribution in [2.75, 3.05) is 13.1 Å². The normalized spacial score (nSPS) is 50.4. The summed E-state index contributed by atoms with van der Waals surface area (Å²) in [4.78, 5) is 2.73. The van der Waals surface area contributed by atoms with Crippen LogP contribution in [0.15, 0.2) is 0 Å². The summed E-state index contributed by atoms with van der Waals surface area (Å²) in [5.41, 5.74) is 0. The molecule has 3 rings (SSSR count). The lowest BCUT2D eigenvalue weighted by molar-refractivity contribution is 0.204. The fourth-order valence-corrected chi connectivity index (χ4v) is 4.08. The Morgan fingerprint density at radius 3 is 2.60 bits per heavy atom. The Balaban J connectivity index is 1.57. The standard InChI is InChI=1S/C13H24N2/c1-9-5-10(2)15(7-9)8-11-6-12-3-4-13(11)14-12/h9-14H,3-8H2,1-2H3. The summed E-state index contributed by atoms with van der Waals surface area (Å²) in [6, 6.07) is 2.56. The Kier molecular flexibility index (Phi) is 2.52. The Morgan fingerprint density at radius 1 is 1.20 bits per heavy atom. The zero-order chi connectivity index (χ0) is 10.4. The van der Waals surface area contributed by atoms with Crippen molar-refractivity contribution in [3.8, 4) is 0 Å². The van der Waals surface area contributed by atoms with Gasteiger partial charge in [0.25, 0.3) is 0 Å². The molecule has 15 heavy (non-hydrogen) atoms. The summed E-state index contributed by atoms with van der Waals surface area (Å²) in [5.74, 6) is 1.88. The zero-order valence-electron chi connectivity index (χ0n) is 10.1. The molecule has 0 aromatic heterocycles. The Labute approximate surface area is 93.4 Å². The summed E-state index contributed by atoms with van der Waals surface area (Å²) in [5, 5.41) is 3.75. The highest BCUT2D eigenvalue weighted by molar-refractivity contribution is 4.99. The van der Waals surface area contributed by atoms with Gasteiger partial charge in [0.05, 0.1) is 0 Å². The van der Waals surface area contributed by atoms with Crippen LogP contribution in [0.3, 0.4) is 0 Å². The van der Waals surface area contributed by atoms with Crippen molar-refractivity contribution in [2.24, 2.45) is 11.8 Å². The van der Waals surface area contributed by atoms with Crippen LogP contribution in [-0.2, 0) is 0 Å². The molecule has 5 unspecified atom stereocenters. The third-order valence-electron chi connectivity index (χ3n) is 4.81. The van der Waals surface area contributed by atoms with Gasteiger partial charge < -0.3 is 10.2 Å². The van der Waals surface area contributed by atoms with E-state index in [-0.39, 0.29) is 0 Å². The van der Waals surface area contributed by atoms with Crippen LogP contribution in [-0.4, -0.2) is 36.1 Å². The maximum absolute atomic E-state index is 3.75. The zero-order valence-corrected chi connectivity index (χ0v) is 10.1. The van der Waals surface area contributed by atoms with Gasteiger partial charge in [-0.05, 0) is 44.4 Å².